The zero-order chi connectivity index (χ0) is 14.9. The van der Waals surface area contributed by atoms with Crippen LogP contribution in [0.4, 0.5) is 5.69 Å². The summed E-state index contributed by atoms with van der Waals surface area (Å²) in [5.41, 5.74) is 0.420. The number of halogens is 1. The van der Waals surface area contributed by atoms with Crippen LogP contribution in [0.15, 0.2) is 34.5 Å². The maximum absolute atomic E-state index is 12.2. The van der Waals surface area contributed by atoms with Crippen LogP contribution in [0.3, 0.4) is 0 Å². The fourth-order valence-electron chi connectivity index (χ4n) is 1.87. The molecule has 1 aliphatic rings. The van der Waals surface area contributed by atoms with Crippen molar-refractivity contribution in [3.05, 3.63) is 34.7 Å². The normalized spacial score (nSPS) is 14.5. The molecule has 0 atom stereocenters. The number of hydrogen-bond acceptors (Lipinski definition) is 5. The van der Waals surface area contributed by atoms with Gasteiger partial charge in [-0.25, -0.2) is 8.42 Å². The number of hydrogen-bond donors (Lipinski definition) is 1. The standard InChI is InChI=1S/C13H12ClNO4S2/c14-12-4-5-13(20-12)21(16,17)15-9-2-3-10-11(8-9)19-7-1-6-18-10/h2-5,8,15H,1,6-7H2. The van der Waals surface area contributed by atoms with Crippen molar-refractivity contribution in [1.29, 1.82) is 0 Å². The van der Waals surface area contributed by atoms with Gasteiger partial charge in [-0.1, -0.05) is 11.6 Å². The van der Waals surface area contributed by atoms with Crippen molar-refractivity contribution in [3.63, 3.8) is 0 Å². The Kier molecular flexibility index (Phi) is 3.97. The lowest BCUT2D eigenvalue weighted by Crippen LogP contribution is -2.11. The highest BCUT2D eigenvalue weighted by Crippen LogP contribution is 2.34. The van der Waals surface area contributed by atoms with E-state index in [2.05, 4.69) is 4.72 Å². The molecule has 8 heteroatoms. The molecule has 0 amide bonds. The van der Waals surface area contributed by atoms with Gasteiger partial charge < -0.3 is 9.47 Å². The van der Waals surface area contributed by atoms with Crippen LogP contribution in [0.2, 0.25) is 4.34 Å². The molecule has 5 nitrogen and oxygen atoms in total. The highest BCUT2D eigenvalue weighted by atomic mass is 35.5. The number of benzene rings is 1. The number of fused-ring (bicyclic) bond motifs is 1. The summed E-state index contributed by atoms with van der Waals surface area (Å²) >= 11 is 6.78. The topological polar surface area (TPSA) is 64.6 Å². The lowest BCUT2D eigenvalue weighted by atomic mass is 10.3. The van der Waals surface area contributed by atoms with Crippen LogP contribution in [-0.4, -0.2) is 21.6 Å². The van der Waals surface area contributed by atoms with Gasteiger partial charge in [-0.05, 0) is 24.3 Å². The Morgan fingerprint density at radius 2 is 1.86 bits per heavy atom. The van der Waals surface area contributed by atoms with Gasteiger partial charge in [0.2, 0.25) is 0 Å². The molecule has 1 aromatic heterocycles. The second kappa shape index (κ2) is 5.75. The molecule has 0 aliphatic carbocycles. The lowest BCUT2D eigenvalue weighted by molar-refractivity contribution is 0.297. The van der Waals surface area contributed by atoms with Gasteiger partial charge in [-0.2, -0.15) is 0 Å². The summed E-state index contributed by atoms with van der Waals surface area (Å²) in [5, 5.41) is 0. The first-order valence-electron chi connectivity index (χ1n) is 6.22. The summed E-state index contributed by atoms with van der Waals surface area (Å²) in [6.07, 6.45) is 0.795. The van der Waals surface area contributed by atoms with Crippen molar-refractivity contribution in [2.75, 3.05) is 17.9 Å². The SMILES string of the molecule is O=S(=O)(Nc1ccc2c(c1)OCCCO2)c1ccc(Cl)s1. The van der Waals surface area contributed by atoms with Crippen LogP contribution in [0.1, 0.15) is 6.42 Å². The van der Waals surface area contributed by atoms with Gasteiger partial charge in [0.1, 0.15) is 4.21 Å². The minimum absolute atomic E-state index is 0.166. The van der Waals surface area contributed by atoms with Gasteiger partial charge in [0, 0.05) is 12.5 Å². The van der Waals surface area contributed by atoms with Gasteiger partial charge in [-0.15, -0.1) is 11.3 Å². The fourth-order valence-corrected chi connectivity index (χ4v) is 4.41. The summed E-state index contributed by atoms with van der Waals surface area (Å²) in [4.78, 5) is 0. The second-order valence-electron chi connectivity index (χ2n) is 4.38. The average molecular weight is 346 g/mol. The van der Waals surface area contributed by atoms with E-state index in [0.29, 0.717) is 34.7 Å². The predicted molar refractivity (Wildman–Crippen MR) is 82.2 cm³/mol. The number of anilines is 1. The van der Waals surface area contributed by atoms with Gasteiger partial charge in [0.15, 0.2) is 11.5 Å². The molecule has 0 fully saturated rings. The van der Waals surface area contributed by atoms with Crippen LogP contribution in [0.25, 0.3) is 0 Å². The molecule has 0 saturated heterocycles. The molecule has 112 valence electrons. The van der Waals surface area contributed by atoms with E-state index in [0.717, 1.165) is 17.8 Å². The number of ether oxygens (including phenoxy) is 2. The molecule has 2 aromatic rings. The van der Waals surface area contributed by atoms with Crippen molar-refractivity contribution < 1.29 is 17.9 Å². The largest absolute Gasteiger partial charge is 0.490 e. The summed E-state index contributed by atoms with van der Waals surface area (Å²) in [5.74, 6) is 1.16. The van der Waals surface area contributed by atoms with Crippen LogP contribution >= 0.6 is 22.9 Å². The molecular weight excluding hydrogens is 334 g/mol. The number of thiophene rings is 1. The Labute approximate surface area is 131 Å². The van der Waals surface area contributed by atoms with Gasteiger partial charge in [-0.3, -0.25) is 4.72 Å². The van der Waals surface area contributed by atoms with E-state index in [9.17, 15) is 8.42 Å². The third kappa shape index (κ3) is 3.25. The van der Waals surface area contributed by atoms with Gasteiger partial charge in [0.25, 0.3) is 10.0 Å². The van der Waals surface area contributed by atoms with Crippen LogP contribution < -0.4 is 14.2 Å². The monoisotopic (exact) mass is 345 g/mol. The molecule has 0 bridgehead atoms. The molecular formula is C13H12ClNO4S2. The maximum atomic E-state index is 12.2. The van der Waals surface area contributed by atoms with Crippen LogP contribution in [0.5, 0.6) is 11.5 Å². The highest BCUT2D eigenvalue weighted by molar-refractivity contribution is 7.94. The van der Waals surface area contributed by atoms with Crippen molar-refractivity contribution in [1.82, 2.24) is 0 Å². The molecule has 1 aliphatic heterocycles. The fraction of sp³-hybridized carbons (Fsp3) is 0.231. The quantitative estimate of drug-likeness (QED) is 0.926. The van der Waals surface area contributed by atoms with Crippen molar-refractivity contribution >= 4 is 38.6 Å². The Balaban J connectivity index is 1.86. The lowest BCUT2D eigenvalue weighted by Gasteiger charge is -2.10. The number of nitrogens with one attached hydrogen (secondary N) is 1. The third-order valence-corrected chi connectivity index (χ3v) is 5.92. The summed E-state index contributed by atoms with van der Waals surface area (Å²) in [6, 6.07) is 7.97. The molecule has 0 radical (unpaired) electrons. The average Bonchev–Trinajstić information content (AvgIpc) is 2.75. The van der Waals surface area contributed by atoms with Crippen molar-refractivity contribution in [2.45, 2.75) is 10.6 Å². The molecule has 2 heterocycles. The van der Waals surface area contributed by atoms with Gasteiger partial charge in [0.05, 0.1) is 23.2 Å². The summed E-state index contributed by atoms with van der Waals surface area (Å²) in [7, 11) is -3.64. The van der Waals surface area contributed by atoms with E-state index in [1.165, 1.54) is 6.07 Å². The molecule has 0 saturated carbocycles. The minimum atomic E-state index is -3.64. The smallest absolute Gasteiger partial charge is 0.271 e. The summed E-state index contributed by atoms with van der Waals surface area (Å²) < 4.78 is 38.6. The van der Waals surface area contributed by atoms with E-state index in [1.807, 2.05) is 0 Å². The first kappa shape index (κ1) is 14.5. The Morgan fingerprint density at radius 3 is 2.57 bits per heavy atom. The van der Waals surface area contributed by atoms with Crippen molar-refractivity contribution in [2.24, 2.45) is 0 Å². The van der Waals surface area contributed by atoms with E-state index >= 15 is 0 Å². The number of rotatable bonds is 3. The van der Waals surface area contributed by atoms with Crippen LogP contribution in [0, 0.1) is 0 Å². The molecule has 0 unspecified atom stereocenters. The van der Waals surface area contributed by atoms with E-state index < -0.39 is 10.0 Å². The van der Waals surface area contributed by atoms with E-state index in [1.54, 1.807) is 24.3 Å². The Morgan fingerprint density at radius 1 is 1.10 bits per heavy atom. The van der Waals surface area contributed by atoms with Crippen LogP contribution in [-0.2, 0) is 10.0 Å². The summed E-state index contributed by atoms with van der Waals surface area (Å²) in [6.45, 7) is 1.13. The predicted octanol–water partition coefficient (Wildman–Crippen LogP) is 3.36. The van der Waals surface area contributed by atoms with Crippen molar-refractivity contribution in [3.8, 4) is 11.5 Å². The molecule has 21 heavy (non-hydrogen) atoms. The number of sulfonamides is 1. The maximum Gasteiger partial charge on any atom is 0.271 e. The minimum Gasteiger partial charge on any atom is -0.490 e. The molecule has 0 spiro atoms. The first-order valence-corrected chi connectivity index (χ1v) is 8.90. The molecule has 1 N–H and O–H groups in total. The Hall–Kier alpha value is -1.44. The highest BCUT2D eigenvalue weighted by Gasteiger charge is 2.18. The van der Waals surface area contributed by atoms with E-state index in [-0.39, 0.29) is 4.21 Å². The third-order valence-electron chi connectivity index (χ3n) is 2.81. The van der Waals surface area contributed by atoms with Gasteiger partial charge >= 0.3 is 0 Å². The zero-order valence-corrected chi connectivity index (χ0v) is 13.2. The van der Waals surface area contributed by atoms with E-state index in [4.69, 9.17) is 21.1 Å². The first-order chi connectivity index (χ1) is 10.0. The zero-order valence-electron chi connectivity index (χ0n) is 10.8. The molecule has 3 rings (SSSR count). The Bertz CT molecular complexity index is 757. The molecule has 1 aromatic carbocycles. The second-order valence-corrected chi connectivity index (χ2v) is 8.00.